The van der Waals surface area contributed by atoms with Gasteiger partial charge in [0, 0.05) is 19.0 Å². The van der Waals surface area contributed by atoms with E-state index in [0.29, 0.717) is 19.3 Å². The lowest BCUT2D eigenvalue weighted by molar-refractivity contribution is -0.166. The maximum Gasteiger partial charge on any atom is 0.407 e. The van der Waals surface area contributed by atoms with Gasteiger partial charge in [0.25, 0.3) is 0 Å². The molecule has 7 nitrogen and oxygen atoms in total. The van der Waals surface area contributed by atoms with Gasteiger partial charge in [-0.25, -0.2) is 4.79 Å². The predicted molar refractivity (Wildman–Crippen MR) is 128 cm³/mol. The summed E-state index contributed by atoms with van der Waals surface area (Å²) in [5, 5.41) is 12.2. The van der Waals surface area contributed by atoms with E-state index in [0.717, 1.165) is 22.3 Å². The van der Waals surface area contributed by atoms with Crippen molar-refractivity contribution in [3.8, 4) is 11.1 Å². The topological polar surface area (TPSA) is 95.9 Å². The molecule has 1 saturated heterocycles. The number of nitrogens with one attached hydrogen (secondary N) is 1. The molecule has 0 unspecified atom stereocenters. The van der Waals surface area contributed by atoms with E-state index in [4.69, 9.17) is 4.74 Å². The average molecular weight is 463 g/mol. The Morgan fingerprint density at radius 3 is 2.26 bits per heavy atom. The molecule has 7 heteroatoms. The van der Waals surface area contributed by atoms with Crippen LogP contribution in [0.15, 0.2) is 61.2 Å². The van der Waals surface area contributed by atoms with E-state index in [-0.39, 0.29) is 31.5 Å². The largest absolute Gasteiger partial charge is 0.481 e. The van der Waals surface area contributed by atoms with Crippen molar-refractivity contribution in [1.29, 1.82) is 0 Å². The lowest BCUT2D eigenvalue weighted by Crippen LogP contribution is -2.65. The van der Waals surface area contributed by atoms with Crippen LogP contribution < -0.4 is 5.32 Å². The van der Waals surface area contributed by atoms with Crippen LogP contribution in [0.4, 0.5) is 4.79 Å². The number of allylic oxidation sites excluding steroid dienone is 1. The minimum absolute atomic E-state index is 0.0658. The molecule has 2 aromatic carbocycles. The van der Waals surface area contributed by atoms with Crippen LogP contribution in [0.1, 0.15) is 43.2 Å². The monoisotopic (exact) mass is 462 g/mol. The number of carbonyl (C=O) groups excluding carboxylic acids is 2. The SMILES string of the molecule is C=CCC1(C(=O)O)CN(C(=O)[C@@H](CCC)NC(=O)OCC2c3ccccc3-c3ccccc32)C1. The van der Waals surface area contributed by atoms with Crippen molar-refractivity contribution in [2.45, 2.75) is 38.1 Å². The van der Waals surface area contributed by atoms with E-state index in [1.54, 1.807) is 6.08 Å². The fourth-order valence-corrected chi connectivity index (χ4v) is 5.02. The van der Waals surface area contributed by atoms with Crippen molar-refractivity contribution in [3.05, 3.63) is 72.3 Å². The highest BCUT2D eigenvalue weighted by atomic mass is 16.5. The smallest absolute Gasteiger partial charge is 0.407 e. The summed E-state index contributed by atoms with van der Waals surface area (Å²) in [5.74, 6) is -1.28. The molecule has 1 atom stereocenters. The van der Waals surface area contributed by atoms with Crippen molar-refractivity contribution in [2.75, 3.05) is 19.7 Å². The minimum Gasteiger partial charge on any atom is -0.481 e. The Bertz CT molecular complexity index is 1060. The summed E-state index contributed by atoms with van der Waals surface area (Å²) in [4.78, 5) is 38.8. The van der Waals surface area contributed by atoms with Gasteiger partial charge < -0.3 is 20.1 Å². The van der Waals surface area contributed by atoms with Crippen LogP contribution in [0.3, 0.4) is 0 Å². The molecular weight excluding hydrogens is 432 g/mol. The molecule has 2 N–H and O–H groups in total. The minimum atomic E-state index is -0.988. The summed E-state index contributed by atoms with van der Waals surface area (Å²) in [6.45, 7) is 5.94. The molecule has 4 rings (SSSR count). The molecule has 1 fully saturated rings. The number of alkyl carbamates (subject to hydrolysis) is 1. The standard InChI is InChI=1S/C27H30N2O5/c1-3-9-23(24(30)29-16-27(17-29,14-4-2)25(31)32)28-26(33)34-15-22-20-12-7-5-10-18(20)19-11-6-8-13-21(19)22/h4-8,10-13,22-23H,2-3,9,14-17H2,1H3,(H,28,33)(H,31,32)/t23-/m1/s1. The molecule has 34 heavy (non-hydrogen) atoms. The third-order valence-corrected chi connectivity index (χ3v) is 6.80. The number of carboxylic acid groups (broad SMARTS) is 1. The van der Waals surface area contributed by atoms with Gasteiger partial charge >= 0.3 is 12.1 Å². The van der Waals surface area contributed by atoms with Crippen molar-refractivity contribution in [2.24, 2.45) is 5.41 Å². The Hall–Kier alpha value is -3.61. The number of ether oxygens (including phenoxy) is 1. The number of hydrogen-bond acceptors (Lipinski definition) is 4. The van der Waals surface area contributed by atoms with Crippen LogP contribution in [0.2, 0.25) is 0 Å². The van der Waals surface area contributed by atoms with Crippen molar-refractivity contribution < 1.29 is 24.2 Å². The van der Waals surface area contributed by atoms with E-state index in [1.165, 1.54) is 4.90 Å². The molecule has 1 heterocycles. The molecule has 1 aliphatic heterocycles. The van der Waals surface area contributed by atoms with Gasteiger partial charge in [0.15, 0.2) is 0 Å². The van der Waals surface area contributed by atoms with E-state index >= 15 is 0 Å². The van der Waals surface area contributed by atoms with Crippen molar-refractivity contribution >= 4 is 18.0 Å². The fraction of sp³-hybridized carbons (Fsp3) is 0.370. The normalized spacial score (nSPS) is 16.6. The molecule has 0 bridgehead atoms. The average Bonchev–Trinajstić information content (AvgIpc) is 3.12. The summed E-state index contributed by atoms with van der Waals surface area (Å²) in [7, 11) is 0. The number of carboxylic acids is 1. The number of aliphatic carboxylic acids is 1. The quantitative estimate of drug-likeness (QED) is 0.545. The van der Waals surface area contributed by atoms with Gasteiger partial charge in [0.2, 0.25) is 5.91 Å². The molecule has 1 aliphatic carbocycles. The number of hydrogen-bond donors (Lipinski definition) is 2. The van der Waals surface area contributed by atoms with E-state index in [1.807, 2.05) is 43.3 Å². The Balaban J connectivity index is 1.38. The zero-order valence-corrected chi connectivity index (χ0v) is 19.3. The van der Waals surface area contributed by atoms with Gasteiger partial charge in [0.1, 0.15) is 18.1 Å². The number of fused-ring (bicyclic) bond motifs is 3. The first kappa shape index (κ1) is 23.5. The second-order valence-electron chi connectivity index (χ2n) is 9.08. The molecule has 0 spiro atoms. The summed E-state index contributed by atoms with van der Waals surface area (Å²) >= 11 is 0. The number of amides is 2. The van der Waals surface area contributed by atoms with Gasteiger partial charge in [-0.3, -0.25) is 9.59 Å². The predicted octanol–water partition coefficient (Wildman–Crippen LogP) is 4.18. The fourth-order valence-electron chi connectivity index (χ4n) is 5.02. The van der Waals surface area contributed by atoms with Crippen LogP contribution in [0.5, 0.6) is 0 Å². The van der Waals surface area contributed by atoms with Crippen LogP contribution in [0, 0.1) is 5.41 Å². The van der Waals surface area contributed by atoms with Crippen LogP contribution in [-0.4, -0.2) is 53.7 Å². The summed E-state index contributed by atoms with van der Waals surface area (Å²) < 4.78 is 5.59. The summed E-state index contributed by atoms with van der Waals surface area (Å²) in [5.41, 5.74) is 3.53. The van der Waals surface area contributed by atoms with E-state index in [9.17, 15) is 19.5 Å². The second-order valence-corrected chi connectivity index (χ2v) is 9.08. The molecule has 0 aromatic heterocycles. The molecule has 2 aliphatic rings. The number of benzene rings is 2. The highest BCUT2D eigenvalue weighted by Crippen LogP contribution is 2.44. The first-order valence-electron chi connectivity index (χ1n) is 11.6. The molecule has 2 amide bonds. The summed E-state index contributed by atoms with van der Waals surface area (Å²) in [6, 6.07) is 15.4. The lowest BCUT2D eigenvalue weighted by Gasteiger charge is -2.47. The summed E-state index contributed by atoms with van der Waals surface area (Å²) in [6.07, 6.45) is 2.34. The van der Waals surface area contributed by atoms with Gasteiger partial charge in [-0.2, -0.15) is 0 Å². The number of carbonyl (C=O) groups is 3. The number of rotatable bonds is 9. The molecular formula is C27H30N2O5. The third-order valence-electron chi connectivity index (χ3n) is 6.80. The maximum atomic E-state index is 13.0. The highest BCUT2D eigenvalue weighted by Gasteiger charge is 2.51. The zero-order chi connectivity index (χ0) is 24.3. The van der Waals surface area contributed by atoms with Crippen LogP contribution >= 0.6 is 0 Å². The molecule has 178 valence electrons. The maximum absolute atomic E-state index is 13.0. The number of likely N-dealkylation sites (tertiary alicyclic amines) is 1. The third kappa shape index (κ3) is 4.30. The highest BCUT2D eigenvalue weighted by molar-refractivity contribution is 5.89. The van der Waals surface area contributed by atoms with Gasteiger partial charge in [-0.15, -0.1) is 6.58 Å². The Labute approximate surface area is 199 Å². The van der Waals surface area contributed by atoms with E-state index in [2.05, 4.69) is 24.0 Å². The van der Waals surface area contributed by atoms with Gasteiger partial charge in [-0.05, 0) is 35.1 Å². The van der Waals surface area contributed by atoms with Gasteiger partial charge in [-0.1, -0.05) is 68.0 Å². The zero-order valence-electron chi connectivity index (χ0n) is 19.3. The van der Waals surface area contributed by atoms with E-state index < -0.39 is 23.5 Å². The number of nitrogens with zero attached hydrogens (tertiary/aromatic N) is 1. The molecule has 0 radical (unpaired) electrons. The molecule has 2 aromatic rings. The Morgan fingerprint density at radius 1 is 1.15 bits per heavy atom. The Kier molecular flexibility index (Phi) is 6.72. The Morgan fingerprint density at radius 2 is 1.74 bits per heavy atom. The van der Waals surface area contributed by atoms with Gasteiger partial charge in [0.05, 0.1) is 0 Å². The van der Waals surface area contributed by atoms with Crippen LogP contribution in [0.25, 0.3) is 11.1 Å². The van der Waals surface area contributed by atoms with Crippen molar-refractivity contribution in [1.82, 2.24) is 10.2 Å². The van der Waals surface area contributed by atoms with Crippen molar-refractivity contribution in [3.63, 3.8) is 0 Å². The first-order valence-corrected chi connectivity index (χ1v) is 11.6. The lowest BCUT2D eigenvalue weighted by atomic mass is 9.76. The van der Waals surface area contributed by atoms with Crippen LogP contribution in [-0.2, 0) is 14.3 Å². The first-order chi connectivity index (χ1) is 16.4. The second kappa shape index (κ2) is 9.71. The molecule has 0 saturated carbocycles.